The maximum absolute atomic E-state index is 14.1. The summed E-state index contributed by atoms with van der Waals surface area (Å²) in [4.78, 5) is 4.42. The van der Waals surface area contributed by atoms with Gasteiger partial charge in [0.05, 0.1) is 18.6 Å². The molecule has 1 heterocycles. The topological polar surface area (TPSA) is 79.2 Å². The van der Waals surface area contributed by atoms with Gasteiger partial charge in [-0.15, -0.1) is 0 Å². The maximum Gasteiger partial charge on any atom is 0.440 e. The van der Waals surface area contributed by atoms with Crippen LogP contribution in [-0.4, -0.2) is 51.2 Å². The number of aliphatic imine (C=N–C) groups is 1. The minimum Gasteiger partial charge on any atom is -0.494 e. The molecule has 2 aromatic carbocycles. The normalized spacial score (nSPS) is 20.0. The number of hydrogen-bond donors (Lipinski definition) is 1. The van der Waals surface area contributed by atoms with Crippen molar-refractivity contribution in [3.05, 3.63) is 53.8 Å². The van der Waals surface area contributed by atoms with E-state index in [-0.39, 0.29) is 27.7 Å². The molecule has 0 bridgehead atoms. The Morgan fingerprint density at radius 2 is 1.79 bits per heavy atom. The number of nitrogens with zero attached hydrogens (tertiary/aromatic N) is 2. The van der Waals surface area contributed by atoms with Crippen LogP contribution in [0.4, 0.5) is 23.2 Å². The number of halogens is 4. The lowest BCUT2D eigenvalue weighted by atomic mass is 10.1. The summed E-state index contributed by atoms with van der Waals surface area (Å²) in [7, 11) is -2.27. The van der Waals surface area contributed by atoms with Crippen molar-refractivity contribution in [1.82, 2.24) is 0 Å². The molecule has 1 aliphatic heterocycles. The molecule has 1 N–H and O–H groups in total. The second kappa shape index (κ2) is 6.99. The van der Waals surface area contributed by atoms with Gasteiger partial charge in [-0.1, -0.05) is 0 Å². The van der Waals surface area contributed by atoms with E-state index in [0.29, 0.717) is 0 Å². The highest BCUT2D eigenvalue weighted by molar-refractivity contribution is 7.90. The van der Waals surface area contributed by atoms with Gasteiger partial charge in [0.25, 0.3) is 5.72 Å². The third-order valence-electron chi connectivity index (χ3n) is 4.37. The number of anilines is 1. The second-order valence-corrected chi connectivity index (χ2v) is 8.47. The number of amidine groups is 1. The SMILES string of the molecule is COc1ccc(N2CC(O)(C(F)(F)F)N=C2c2ccc(S(C)(=O)=O)cc2)cc1F. The van der Waals surface area contributed by atoms with E-state index >= 15 is 0 Å². The highest BCUT2D eigenvalue weighted by Crippen LogP contribution is 2.39. The van der Waals surface area contributed by atoms with Crippen LogP contribution in [0, 0.1) is 5.82 Å². The summed E-state index contributed by atoms with van der Waals surface area (Å²) in [6.07, 6.45) is -4.09. The van der Waals surface area contributed by atoms with Gasteiger partial charge in [-0.25, -0.2) is 17.8 Å². The lowest BCUT2D eigenvalue weighted by Crippen LogP contribution is -2.47. The van der Waals surface area contributed by atoms with E-state index in [0.717, 1.165) is 17.2 Å². The number of alkyl halides is 3. The highest BCUT2D eigenvalue weighted by Gasteiger charge is 2.59. The van der Waals surface area contributed by atoms with E-state index in [9.17, 15) is 31.1 Å². The molecule has 29 heavy (non-hydrogen) atoms. The average Bonchev–Trinajstić information content (AvgIpc) is 3.00. The number of hydrogen-bond acceptors (Lipinski definition) is 6. The van der Waals surface area contributed by atoms with E-state index < -0.39 is 34.1 Å². The minimum absolute atomic E-state index is 0.00872. The second-order valence-electron chi connectivity index (χ2n) is 6.45. The molecular weight excluding hydrogens is 416 g/mol. The Kier molecular flexibility index (Phi) is 5.08. The molecule has 0 amide bonds. The number of β-amino-alcohol motifs (C(OH)–C–C–N with tert-alkyl or cyclic N) is 1. The van der Waals surface area contributed by atoms with Crippen LogP contribution in [0.3, 0.4) is 0 Å². The third kappa shape index (κ3) is 3.92. The van der Waals surface area contributed by atoms with Crippen LogP contribution in [0.1, 0.15) is 5.56 Å². The van der Waals surface area contributed by atoms with Crippen molar-refractivity contribution in [3.8, 4) is 5.75 Å². The first-order chi connectivity index (χ1) is 13.4. The van der Waals surface area contributed by atoms with Gasteiger partial charge in [0, 0.05) is 23.6 Å². The molecule has 1 atom stereocenters. The van der Waals surface area contributed by atoms with Crippen molar-refractivity contribution in [2.24, 2.45) is 4.99 Å². The summed E-state index contributed by atoms with van der Waals surface area (Å²) < 4.78 is 82.3. The van der Waals surface area contributed by atoms with Gasteiger partial charge in [-0.3, -0.25) is 0 Å². The van der Waals surface area contributed by atoms with Crippen LogP contribution in [0.5, 0.6) is 5.75 Å². The van der Waals surface area contributed by atoms with Crippen LogP contribution in [0.2, 0.25) is 0 Å². The molecule has 0 aliphatic carbocycles. The maximum atomic E-state index is 14.1. The first-order valence-corrected chi connectivity index (χ1v) is 10.1. The zero-order valence-corrected chi connectivity index (χ0v) is 16.1. The number of benzene rings is 2. The monoisotopic (exact) mass is 432 g/mol. The number of methoxy groups -OCH3 is 1. The molecule has 156 valence electrons. The van der Waals surface area contributed by atoms with Gasteiger partial charge < -0.3 is 14.7 Å². The summed E-state index contributed by atoms with van der Waals surface area (Å²) in [5.41, 5.74) is -3.28. The molecule has 0 spiro atoms. The number of rotatable bonds is 4. The first kappa shape index (κ1) is 21.1. The lowest BCUT2D eigenvalue weighted by molar-refractivity contribution is -0.249. The quantitative estimate of drug-likeness (QED) is 0.752. The Morgan fingerprint density at radius 3 is 2.28 bits per heavy atom. The predicted molar refractivity (Wildman–Crippen MR) is 97.4 cm³/mol. The predicted octanol–water partition coefficient (Wildman–Crippen LogP) is 2.76. The molecule has 1 aliphatic rings. The summed E-state index contributed by atoms with van der Waals surface area (Å²) in [6.45, 7) is -0.995. The van der Waals surface area contributed by atoms with Gasteiger partial charge in [-0.2, -0.15) is 13.2 Å². The Labute approximate surface area is 164 Å². The molecule has 0 radical (unpaired) electrons. The van der Waals surface area contributed by atoms with Gasteiger partial charge in [0.15, 0.2) is 21.4 Å². The van der Waals surface area contributed by atoms with Crippen LogP contribution < -0.4 is 9.64 Å². The van der Waals surface area contributed by atoms with Crippen LogP contribution in [0.25, 0.3) is 0 Å². The van der Waals surface area contributed by atoms with Crippen LogP contribution in [0.15, 0.2) is 52.4 Å². The number of sulfone groups is 1. The van der Waals surface area contributed by atoms with Gasteiger partial charge in [0.1, 0.15) is 5.84 Å². The molecular formula is C18H16F4N2O4S. The highest BCUT2D eigenvalue weighted by atomic mass is 32.2. The van der Waals surface area contributed by atoms with Crippen molar-refractivity contribution in [1.29, 1.82) is 0 Å². The van der Waals surface area contributed by atoms with E-state index in [4.69, 9.17) is 4.74 Å². The van der Waals surface area contributed by atoms with E-state index in [2.05, 4.69) is 4.99 Å². The average molecular weight is 432 g/mol. The molecule has 0 saturated heterocycles. The fourth-order valence-corrected chi connectivity index (χ4v) is 3.46. The minimum atomic E-state index is -5.08. The van der Waals surface area contributed by atoms with Gasteiger partial charge in [-0.05, 0) is 36.4 Å². The molecule has 3 rings (SSSR count). The molecule has 2 aromatic rings. The van der Waals surface area contributed by atoms with Crippen molar-refractivity contribution < 1.29 is 35.8 Å². The van der Waals surface area contributed by atoms with Gasteiger partial charge >= 0.3 is 6.18 Å². The number of ether oxygens (including phenoxy) is 1. The molecule has 1 unspecified atom stereocenters. The first-order valence-electron chi connectivity index (χ1n) is 8.16. The fraction of sp³-hybridized carbons (Fsp3) is 0.278. The van der Waals surface area contributed by atoms with E-state index in [1.54, 1.807) is 0 Å². The summed E-state index contributed by atoms with van der Waals surface area (Å²) in [5, 5.41) is 10.1. The van der Waals surface area contributed by atoms with Crippen LogP contribution in [-0.2, 0) is 9.84 Å². The number of aliphatic hydroxyl groups is 1. The Morgan fingerprint density at radius 1 is 1.17 bits per heavy atom. The third-order valence-corrected chi connectivity index (χ3v) is 5.50. The summed E-state index contributed by atoms with van der Waals surface area (Å²) in [5.74, 6) is -1.19. The van der Waals surface area contributed by atoms with Gasteiger partial charge in [0.2, 0.25) is 0 Å². The fourth-order valence-electron chi connectivity index (χ4n) is 2.83. The van der Waals surface area contributed by atoms with Crippen molar-refractivity contribution >= 4 is 21.4 Å². The van der Waals surface area contributed by atoms with Crippen molar-refractivity contribution in [2.45, 2.75) is 16.8 Å². The summed E-state index contributed by atoms with van der Waals surface area (Å²) in [6, 6.07) is 8.48. The Hall–Kier alpha value is -2.66. The van der Waals surface area contributed by atoms with Crippen molar-refractivity contribution in [2.75, 3.05) is 24.8 Å². The summed E-state index contributed by atoms with van der Waals surface area (Å²) >= 11 is 0. The largest absolute Gasteiger partial charge is 0.494 e. The smallest absolute Gasteiger partial charge is 0.440 e. The lowest BCUT2D eigenvalue weighted by Gasteiger charge is -2.25. The molecule has 11 heteroatoms. The zero-order valence-electron chi connectivity index (χ0n) is 15.2. The molecule has 0 saturated carbocycles. The Bertz CT molecular complexity index is 1070. The Balaban J connectivity index is 2.10. The van der Waals surface area contributed by atoms with E-state index in [1.165, 1.54) is 43.5 Å². The zero-order chi connectivity index (χ0) is 21.6. The standard InChI is InChI=1S/C18H16F4N2O4S/c1-28-15-8-5-12(9-14(15)19)24-10-17(25,18(20,21)22)23-16(24)11-3-6-13(7-4-11)29(2,26)27/h3-9,25H,10H2,1-2H3. The van der Waals surface area contributed by atoms with Crippen molar-refractivity contribution in [3.63, 3.8) is 0 Å². The molecule has 6 nitrogen and oxygen atoms in total. The van der Waals surface area contributed by atoms with E-state index in [1.807, 2.05) is 0 Å². The molecule has 0 fully saturated rings. The van der Waals surface area contributed by atoms with Crippen LogP contribution >= 0.6 is 0 Å². The molecule has 0 aromatic heterocycles.